The molecule has 0 saturated carbocycles. The molecule has 182 valence electrons. The van der Waals surface area contributed by atoms with Gasteiger partial charge in [0.2, 0.25) is 0 Å². The Labute approximate surface area is 197 Å². The maximum Gasteiger partial charge on any atom is 0.343 e. The van der Waals surface area contributed by atoms with Gasteiger partial charge in [-0.15, -0.1) is 0 Å². The Hall–Kier alpha value is -4.04. The molecule has 0 aromatic heterocycles. The van der Waals surface area contributed by atoms with Crippen molar-refractivity contribution in [3.05, 3.63) is 59.2 Å². The first-order valence-corrected chi connectivity index (χ1v) is 10.5. The lowest BCUT2D eigenvalue weighted by atomic mass is 10.1. The standard InChI is InChI=1S/C13H16FN3O.C10H13FN4O/c1-3-4-5-6-10-9-11(14)7-8-12(10)17(15)13(18)16-2;1-3-7-6-8(11)4-5-9(7)15(14-12)10(16)13-2/h7-9H,3-4,15H2,1-2H3,(H,16,18);4-6,12H,3H2,1-2H3,(H,13,16). The van der Waals surface area contributed by atoms with E-state index in [1.165, 1.54) is 50.5 Å². The molecule has 0 aliphatic heterocycles. The number of hydrogen-bond acceptors (Lipinski definition) is 5. The van der Waals surface area contributed by atoms with Crippen molar-refractivity contribution in [3.8, 4) is 11.8 Å². The van der Waals surface area contributed by atoms with Gasteiger partial charge in [-0.25, -0.2) is 29.2 Å². The van der Waals surface area contributed by atoms with Crippen LogP contribution in [0.1, 0.15) is 37.8 Å². The molecule has 0 radical (unpaired) electrons. The molecule has 0 atom stereocenters. The number of unbranched alkanes of at least 4 members (excludes halogenated alkanes) is 1. The minimum atomic E-state index is -0.531. The highest BCUT2D eigenvalue weighted by molar-refractivity contribution is 5.92. The number of rotatable bonds is 5. The fourth-order valence-electron chi connectivity index (χ4n) is 2.69. The highest BCUT2D eigenvalue weighted by Crippen LogP contribution is 2.23. The average Bonchev–Trinajstić information content (AvgIpc) is 2.84. The summed E-state index contributed by atoms with van der Waals surface area (Å²) >= 11 is 0. The van der Waals surface area contributed by atoms with Crippen LogP contribution in [0, 0.1) is 29.0 Å². The smallest absolute Gasteiger partial charge is 0.340 e. The second-order valence-electron chi connectivity index (χ2n) is 6.73. The molecule has 9 nitrogen and oxygen atoms in total. The summed E-state index contributed by atoms with van der Waals surface area (Å²) in [5.74, 6) is 10.6. The number of nitrogens with two attached hydrogens (primary N) is 1. The van der Waals surface area contributed by atoms with Gasteiger partial charge in [-0.1, -0.05) is 30.9 Å². The molecule has 4 amide bonds. The molecular weight excluding hydrogens is 444 g/mol. The van der Waals surface area contributed by atoms with Crippen LogP contribution in [0.4, 0.5) is 29.7 Å². The maximum absolute atomic E-state index is 13.2. The molecule has 34 heavy (non-hydrogen) atoms. The number of halogens is 2. The van der Waals surface area contributed by atoms with E-state index in [9.17, 15) is 18.4 Å². The first kappa shape index (κ1) is 28.0. The van der Waals surface area contributed by atoms with Crippen molar-refractivity contribution in [1.29, 1.82) is 5.53 Å². The third-order valence-corrected chi connectivity index (χ3v) is 4.41. The van der Waals surface area contributed by atoms with Crippen LogP contribution in [0.25, 0.3) is 0 Å². The summed E-state index contributed by atoms with van der Waals surface area (Å²) in [7, 11) is 2.91. The molecule has 0 saturated heterocycles. The zero-order valence-electron chi connectivity index (χ0n) is 19.6. The van der Waals surface area contributed by atoms with Crippen LogP contribution in [0.15, 0.2) is 41.6 Å². The van der Waals surface area contributed by atoms with Gasteiger partial charge in [-0.2, -0.15) is 10.5 Å². The first-order valence-electron chi connectivity index (χ1n) is 10.5. The highest BCUT2D eigenvalue weighted by Gasteiger charge is 2.17. The maximum atomic E-state index is 13.2. The molecular formula is C23H29F2N7O2. The Morgan fingerprint density at radius 1 is 1.03 bits per heavy atom. The molecule has 0 aliphatic carbocycles. The van der Waals surface area contributed by atoms with E-state index in [0.717, 1.165) is 16.4 Å². The minimum Gasteiger partial charge on any atom is -0.340 e. The summed E-state index contributed by atoms with van der Waals surface area (Å²) in [4.78, 5) is 22.8. The average molecular weight is 474 g/mol. The number of hydrogen-bond donors (Lipinski definition) is 4. The van der Waals surface area contributed by atoms with Crippen molar-refractivity contribution < 1.29 is 18.4 Å². The van der Waals surface area contributed by atoms with Crippen LogP contribution in [0.3, 0.4) is 0 Å². The summed E-state index contributed by atoms with van der Waals surface area (Å²) in [6.07, 6.45) is 2.18. The van der Waals surface area contributed by atoms with Gasteiger partial charge in [-0.05, 0) is 54.8 Å². The van der Waals surface area contributed by atoms with Crippen molar-refractivity contribution in [2.75, 3.05) is 24.1 Å². The molecule has 0 heterocycles. The van der Waals surface area contributed by atoms with Crippen molar-refractivity contribution in [1.82, 2.24) is 10.6 Å². The van der Waals surface area contributed by atoms with Crippen LogP contribution >= 0.6 is 0 Å². The SMILES string of the molecule is CCCC#Cc1cc(F)ccc1N(N)C(=O)NC.CCc1cc(F)ccc1N(N=N)C(=O)NC. The predicted octanol–water partition coefficient (Wildman–Crippen LogP) is 4.48. The summed E-state index contributed by atoms with van der Waals surface area (Å²) in [5, 5.41) is 9.67. The first-order chi connectivity index (χ1) is 16.2. The van der Waals surface area contributed by atoms with E-state index in [1.54, 1.807) is 0 Å². The number of anilines is 2. The van der Waals surface area contributed by atoms with Crippen LogP contribution in [0.2, 0.25) is 0 Å². The quantitative estimate of drug-likeness (QED) is 0.168. The molecule has 0 bridgehead atoms. The lowest BCUT2D eigenvalue weighted by Crippen LogP contribution is -2.43. The summed E-state index contributed by atoms with van der Waals surface area (Å²) in [6.45, 7) is 3.84. The van der Waals surface area contributed by atoms with Gasteiger partial charge in [0.25, 0.3) is 0 Å². The lowest BCUT2D eigenvalue weighted by molar-refractivity contribution is 0.247. The van der Waals surface area contributed by atoms with Gasteiger partial charge in [0.1, 0.15) is 11.6 Å². The van der Waals surface area contributed by atoms with Gasteiger partial charge < -0.3 is 10.6 Å². The number of aryl methyl sites for hydroxylation is 1. The van der Waals surface area contributed by atoms with Crippen molar-refractivity contribution in [2.24, 2.45) is 11.1 Å². The number of benzene rings is 2. The van der Waals surface area contributed by atoms with Gasteiger partial charge in [-0.3, -0.25) is 0 Å². The zero-order valence-corrected chi connectivity index (χ0v) is 19.6. The molecule has 0 unspecified atom stereocenters. The molecule has 0 aliphatic rings. The molecule has 5 N–H and O–H groups in total. The van der Waals surface area contributed by atoms with Gasteiger partial charge >= 0.3 is 12.1 Å². The number of carbonyl (C=O) groups excluding carboxylic acids is 2. The van der Waals surface area contributed by atoms with E-state index in [-0.39, 0.29) is 5.82 Å². The van der Waals surface area contributed by atoms with Gasteiger partial charge in [0, 0.05) is 20.5 Å². The third kappa shape index (κ3) is 7.83. The van der Waals surface area contributed by atoms with Crippen molar-refractivity contribution >= 4 is 23.4 Å². The second kappa shape index (κ2) is 14.2. The summed E-state index contributed by atoms with van der Waals surface area (Å²) in [5.41, 5.74) is 8.76. The molecule has 2 aromatic rings. The fraction of sp³-hybridized carbons (Fsp3) is 0.304. The topological polar surface area (TPSA) is 127 Å². The molecule has 0 fully saturated rings. The van der Waals surface area contributed by atoms with Gasteiger partial charge in [0.15, 0.2) is 0 Å². The van der Waals surface area contributed by atoms with Crippen LogP contribution in [-0.2, 0) is 6.42 Å². The van der Waals surface area contributed by atoms with Crippen molar-refractivity contribution in [2.45, 2.75) is 33.1 Å². The molecule has 0 spiro atoms. The highest BCUT2D eigenvalue weighted by atomic mass is 19.1. The monoisotopic (exact) mass is 473 g/mol. The zero-order chi connectivity index (χ0) is 25.7. The van der Waals surface area contributed by atoms with E-state index in [1.807, 2.05) is 13.8 Å². The summed E-state index contributed by atoms with van der Waals surface area (Å²) in [6, 6.07) is 6.91. The lowest BCUT2D eigenvalue weighted by Gasteiger charge is -2.17. The Bertz CT molecular complexity index is 1070. The number of carbonyl (C=O) groups is 2. The van der Waals surface area contributed by atoms with E-state index in [0.29, 0.717) is 35.3 Å². The largest absolute Gasteiger partial charge is 0.343 e. The Morgan fingerprint density at radius 3 is 2.15 bits per heavy atom. The summed E-state index contributed by atoms with van der Waals surface area (Å²) < 4.78 is 26.2. The van der Waals surface area contributed by atoms with Gasteiger partial charge in [0.05, 0.1) is 16.9 Å². The number of hydrazine groups is 1. The molecule has 2 aromatic carbocycles. The van der Waals surface area contributed by atoms with E-state index in [4.69, 9.17) is 11.4 Å². The number of nitrogens with zero attached hydrogens (tertiary/aromatic N) is 3. The minimum absolute atomic E-state index is 0.373. The third-order valence-electron chi connectivity index (χ3n) is 4.41. The Balaban J connectivity index is 0.000000342. The van der Waals surface area contributed by atoms with Crippen LogP contribution < -0.4 is 26.5 Å². The number of amides is 4. The molecule has 2 rings (SSSR count). The van der Waals surface area contributed by atoms with Crippen LogP contribution in [0.5, 0.6) is 0 Å². The predicted molar refractivity (Wildman–Crippen MR) is 127 cm³/mol. The Morgan fingerprint density at radius 2 is 1.62 bits per heavy atom. The van der Waals surface area contributed by atoms with E-state index >= 15 is 0 Å². The van der Waals surface area contributed by atoms with Crippen LogP contribution in [-0.4, -0.2) is 26.2 Å². The number of urea groups is 2. The number of nitrogens with one attached hydrogen (secondary N) is 3. The molecule has 11 heteroatoms. The van der Waals surface area contributed by atoms with Crippen molar-refractivity contribution in [3.63, 3.8) is 0 Å². The second-order valence-corrected chi connectivity index (χ2v) is 6.73. The van der Waals surface area contributed by atoms with E-state index < -0.39 is 17.9 Å². The Kier molecular flexibility index (Phi) is 11.7. The fourth-order valence-corrected chi connectivity index (χ4v) is 2.69. The normalized spacial score (nSPS) is 9.50. The van der Waals surface area contributed by atoms with E-state index in [2.05, 4.69) is 27.7 Å².